The van der Waals surface area contributed by atoms with Gasteiger partial charge >= 0.3 is 6.09 Å². The maximum atomic E-state index is 13.5. The molecule has 1 aromatic heterocycles. The average Bonchev–Trinajstić information content (AvgIpc) is 3.18. The number of amides is 1. The summed E-state index contributed by atoms with van der Waals surface area (Å²) < 4.78 is 19.0. The Morgan fingerprint density at radius 1 is 1.03 bits per heavy atom. The molecule has 2 aromatic rings. The lowest BCUT2D eigenvalue weighted by molar-refractivity contribution is 0.0257. The van der Waals surface area contributed by atoms with Gasteiger partial charge in [-0.3, -0.25) is 0 Å². The van der Waals surface area contributed by atoms with Crippen molar-refractivity contribution in [3.63, 3.8) is 0 Å². The fraction of sp³-hybridized carbons (Fsp3) is 0.400. The maximum absolute atomic E-state index is 13.5. The first-order valence-corrected chi connectivity index (χ1v) is 11.1. The van der Waals surface area contributed by atoms with Crippen molar-refractivity contribution in [3.8, 4) is 11.3 Å². The van der Waals surface area contributed by atoms with Gasteiger partial charge in [-0.2, -0.15) is 4.98 Å². The Balaban J connectivity index is 1.63. The van der Waals surface area contributed by atoms with Crippen molar-refractivity contribution >= 4 is 17.9 Å². The third kappa shape index (κ3) is 5.16. The molecule has 0 radical (unpaired) electrons. The number of aromatic nitrogens is 2. The number of anilines is 2. The second-order valence-electron chi connectivity index (χ2n) is 9.36. The molecule has 0 bridgehead atoms. The normalized spacial score (nSPS) is 17.0. The van der Waals surface area contributed by atoms with E-state index >= 15 is 0 Å². The fourth-order valence-electron chi connectivity index (χ4n) is 3.95. The smallest absolute Gasteiger partial charge is 0.410 e. The van der Waals surface area contributed by atoms with Gasteiger partial charge in [-0.1, -0.05) is 13.2 Å². The molecular formula is C25H30FN5O2. The Labute approximate surface area is 194 Å². The van der Waals surface area contributed by atoms with Crippen molar-refractivity contribution in [1.82, 2.24) is 14.9 Å². The van der Waals surface area contributed by atoms with Crippen molar-refractivity contribution in [3.05, 3.63) is 60.7 Å². The molecule has 4 rings (SSSR count). The minimum atomic E-state index is -0.556. The van der Waals surface area contributed by atoms with E-state index in [1.807, 2.05) is 36.6 Å². The number of carbonyl (C=O) groups excluding carboxylic acids is 1. The van der Waals surface area contributed by atoms with E-state index in [0.717, 1.165) is 36.3 Å². The van der Waals surface area contributed by atoms with Gasteiger partial charge in [-0.25, -0.2) is 14.2 Å². The van der Waals surface area contributed by atoms with Crippen LogP contribution in [0.1, 0.15) is 33.6 Å². The number of hydrogen-bond donors (Lipinski definition) is 0. The highest BCUT2D eigenvalue weighted by molar-refractivity contribution is 5.71. The predicted octanol–water partition coefficient (Wildman–Crippen LogP) is 4.97. The van der Waals surface area contributed by atoms with E-state index in [-0.39, 0.29) is 11.9 Å². The van der Waals surface area contributed by atoms with E-state index in [1.165, 1.54) is 12.1 Å². The molecule has 2 aliphatic heterocycles. The summed E-state index contributed by atoms with van der Waals surface area (Å²) in [5.41, 5.74) is 2.65. The molecule has 0 unspecified atom stereocenters. The quantitative estimate of drug-likeness (QED) is 0.657. The van der Waals surface area contributed by atoms with Crippen molar-refractivity contribution in [2.24, 2.45) is 0 Å². The number of carbonyl (C=O) groups is 1. The van der Waals surface area contributed by atoms with Crippen LogP contribution in [0.4, 0.5) is 21.0 Å². The largest absolute Gasteiger partial charge is 0.444 e. The van der Waals surface area contributed by atoms with Crippen LogP contribution in [-0.4, -0.2) is 52.7 Å². The van der Waals surface area contributed by atoms with Crippen LogP contribution >= 0.6 is 0 Å². The molecule has 1 amide bonds. The SMILES string of the molecule is C=C1CN(C(=O)OC(C)(C)C)CCN1c1cc(-c2ccc(F)cc2)nc(N2CCCC2=C)n1. The summed E-state index contributed by atoms with van der Waals surface area (Å²) >= 11 is 0. The maximum Gasteiger partial charge on any atom is 0.410 e. The van der Waals surface area contributed by atoms with Gasteiger partial charge in [-0.15, -0.1) is 0 Å². The van der Waals surface area contributed by atoms with Gasteiger partial charge < -0.3 is 19.4 Å². The molecule has 0 N–H and O–H groups in total. The number of nitrogens with zero attached hydrogens (tertiary/aromatic N) is 5. The van der Waals surface area contributed by atoms with E-state index in [2.05, 4.69) is 13.2 Å². The lowest BCUT2D eigenvalue weighted by Crippen LogP contribution is -2.48. The number of ether oxygens (including phenoxy) is 1. The van der Waals surface area contributed by atoms with Crippen molar-refractivity contribution in [2.45, 2.75) is 39.2 Å². The highest BCUT2D eigenvalue weighted by atomic mass is 19.1. The molecule has 2 saturated heterocycles. The molecule has 8 heteroatoms. The number of benzene rings is 1. The summed E-state index contributed by atoms with van der Waals surface area (Å²) in [6.45, 7) is 16.0. The van der Waals surface area contributed by atoms with Crippen LogP contribution in [0.15, 0.2) is 54.9 Å². The molecule has 33 heavy (non-hydrogen) atoms. The first-order valence-electron chi connectivity index (χ1n) is 11.1. The molecule has 0 saturated carbocycles. The highest BCUT2D eigenvalue weighted by Crippen LogP contribution is 2.31. The number of allylic oxidation sites excluding steroid dienone is 1. The molecular weight excluding hydrogens is 421 g/mol. The fourth-order valence-corrected chi connectivity index (χ4v) is 3.95. The highest BCUT2D eigenvalue weighted by Gasteiger charge is 2.30. The predicted molar refractivity (Wildman–Crippen MR) is 127 cm³/mol. The Morgan fingerprint density at radius 2 is 1.76 bits per heavy atom. The number of rotatable bonds is 3. The monoisotopic (exact) mass is 451 g/mol. The summed E-state index contributed by atoms with van der Waals surface area (Å²) in [4.78, 5) is 27.8. The van der Waals surface area contributed by atoms with Gasteiger partial charge in [-0.05, 0) is 57.9 Å². The van der Waals surface area contributed by atoms with Gasteiger partial charge in [0.2, 0.25) is 5.95 Å². The summed E-state index contributed by atoms with van der Waals surface area (Å²) in [5, 5.41) is 0. The Bertz CT molecular complexity index is 1080. The first kappa shape index (κ1) is 22.8. The Morgan fingerprint density at radius 3 is 2.36 bits per heavy atom. The third-order valence-electron chi connectivity index (χ3n) is 5.59. The van der Waals surface area contributed by atoms with Gasteiger partial charge in [0.05, 0.1) is 12.2 Å². The second-order valence-corrected chi connectivity index (χ2v) is 9.36. The minimum Gasteiger partial charge on any atom is -0.444 e. The number of piperazine rings is 1. The zero-order valence-corrected chi connectivity index (χ0v) is 19.5. The van der Waals surface area contributed by atoms with E-state index in [1.54, 1.807) is 17.0 Å². The Hall–Kier alpha value is -3.42. The van der Waals surface area contributed by atoms with Crippen LogP contribution in [0.25, 0.3) is 11.3 Å². The number of hydrogen-bond acceptors (Lipinski definition) is 6. The summed E-state index contributed by atoms with van der Waals surface area (Å²) in [5.74, 6) is 0.956. The van der Waals surface area contributed by atoms with Gasteiger partial charge in [0.15, 0.2) is 0 Å². The topological polar surface area (TPSA) is 61.8 Å². The van der Waals surface area contributed by atoms with E-state index < -0.39 is 5.60 Å². The second kappa shape index (κ2) is 8.84. The van der Waals surface area contributed by atoms with Crippen LogP contribution < -0.4 is 9.80 Å². The van der Waals surface area contributed by atoms with Gasteiger partial charge in [0.25, 0.3) is 0 Å². The molecule has 1 aromatic carbocycles. The zero-order chi connectivity index (χ0) is 23.8. The van der Waals surface area contributed by atoms with E-state index in [4.69, 9.17) is 14.7 Å². The van der Waals surface area contributed by atoms with Crippen LogP contribution in [0, 0.1) is 5.82 Å². The zero-order valence-electron chi connectivity index (χ0n) is 19.5. The molecule has 174 valence electrons. The molecule has 3 heterocycles. The van der Waals surface area contributed by atoms with Crippen molar-refractivity contribution in [2.75, 3.05) is 36.0 Å². The molecule has 7 nitrogen and oxygen atoms in total. The summed E-state index contributed by atoms with van der Waals surface area (Å²) in [7, 11) is 0. The van der Waals surface area contributed by atoms with E-state index in [9.17, 15) is 9.18 Å². The van der Waals surface area contributed by atoms with Crippen LogP contribution in [-0.2, 0) is 4.74 Å². The average molecular weight is 452 g/mol. The number of halogens is 1. The van der Waals surface area contributed by atoms with Crippen LogP contribution in [0.3, 0.4) is 0 Å². The van der Waals surface area contributed by atoms with Crippen LogP contribution in [0.5, 0.6) is 0 Å². The third-order valence-corrected chi connectivity index (χ3v) is 5.59. The van der Waals surface area contributed by atoms with E-state index in [0.29, 0.717) is 37.1 Å². The molecule has 0 atom stereocenters. The summed E-state index contributed by atoms with van der Waals surface area (Å²) in [6, 6.07) is 8.14. The molecule has 0 spiro atoms. The van der Waals surface area contributed by atoms with Crippen LogP contribution in [0.2, 0.25) is 0 Å². The minimum absolute atomic E-state index is 0.298. The Kier molecular flexibility index (Phi) is 6.10. The lowest BCUT2D eigenvalue weighted by Gasteiger charge is -2.37. The van der Waals surface area contributed by atoms with Crippen molar-refractivity contribution in [1.29, 1.82) is 0 Å². The molecule has 2 aliphatic rings. The lowest BCUT2D eigenvalue weighted by atomic mass is 10.1. The molecule has 2 fully saturated rings. The van der Waals surface area contributed by atoms with Crippen molar-refractivity contribution < 1.29 is 13.9 Å². The molecule has 0 aliphatic carbocycles. The van der Waals surface area contributed by atoms with Gasteiger partial charge in [0, 0.05) is 42.7 Å². The van der Waals surface area contributed by atoms with Gasteiger partial charge in [0.1, 0.15) is 17.2 Å². The summed E-state index contributed by atoms with van der Waals surface area (Å²) in [6.07, 6.45) is 1.55. The first-order chi connectivity index (χ1) is 15.6. The standard InChI is InChI=1S/C25H30FN5O2/c1-17-7-6-12-31(17)23-27-21(19-8-10-20(26)11-9-19)15-22(28-23)30-14-13-29(16-18(30)2)24(32)33-25(3,4)5/h8-11,15H,1-2,6-7,12-14,16H2,3-5H3.